The van der Waals surface area contributed by atoms with Crippen molar-refractivity contribution in [3.05, 3.63) is 71.9 Å². The second-order valence-corrected chi connectivity index (χ2v) is 12.3. The van der Waals surface area contributed by atoms with E-state index in [4.69, 9.17) is 0 Å². The minimum Gasteiger partial charge on any atom is -0.334 e. The molecule has 1 aliphatic rings. The minimum atomic E-state index is -2.80. The van der Waals surface area contributed by atoms with Gasteiger partial charge in [0.25, 0.3) is 0 Å². The highest BCUT2D eigenvalue weighted by molar-refractivity contribution is 7.79. The van der Waals surface area contributed by atoms with Gasteiger partial charge >= 0.3 is 0 Å². The molecule has 28 heavy (non-hydrogen) atoms. The van der Waals surface area contributed by atoms with E-state index in [1.165, 1.54) is 16.7 Å². The molecule has 3 heteroatoms. The van der Waals surface area contributed by atoms with E-state index in [0.717, 1.165) is 16.3 Å². The molecule has 0 aliphatic carbocycles. The molecule has 146 valence electrons. The topological polar surface area (TPSA) is 22.0 Å². The van der Waals surface area contributed by atoms with Gasteiger partial charge in [0.15, 0.2) is 7.14 Å². The molecule has 0 saturated carbocycles. The van der Waals surface area contributed by atoms with Crippen LogP contribution in [0, 0.1) is 0 Å². The van der Waals surface area contributed by atoms with Crippen LogP contribution in [-0.4, -0.2) is 10.2 Å². The maximum absolute atomic E-state index is 14.9. The van der Waals surface area contributed by atoms with Crippen molar-refractivity contribution in [2.24, 2.45) is 0 Å². The molecule has 2 aromatic carbocycles. The fraction of sp³-hybridized carbons (Fsp3) is 0.360. The van der Waals surface area contributed by atoms with Crippen LogP contribution in [0.1, 0.15) is 58.6 Å². The van der Waals surface area contributed by atoms with Crippen molar-refractivity contribution in [2.75, 3.05) is 0 Å². The molecule has 4 rings (SSSR count). The first kappa shape index (κ1) is 19.3. The average molecular weight is 391 g/mol. The molecular formula is C25H30NOP. The summed E-state index contributed by atoms with van der Waals surface area (Å²) in [5, 5.41) is 1.04. The van der Waals surface area contributed by atoms with Gasteiger partial charge in [-0.15, -0.1) is 0 Å². The molecule has 0 bridgehead atoms. The maximum Gasteiger partial charge on any atom is 0.162 e. The van der Waals surface area contributed by atoms with Crippen molar-refractivity contribution < 1.29 is 4.57 Å². The van der Waals surface area contributed by atoms with Crippen LogP contribution < -0.4 is 10.7 Å². The van der Waals surface area contributed by atoms with Gasteiger partial charge in [0.05, 0.1) is 11.0 Å². The second-order valence-electron chi connectivity index (χ2n) is 9.00. The predicted octanol–water partition coefficient (Wildman–Crippen LogP) is 6.10. The third kappa shape index (κ3) is 2.51. The summed E-state index contributed by atoms with van der Waals surface area (Å²) in [6, 6.07) is 18.9. The van der Waals surface area contributed by atoms with Gasteiger partial charge in [0.2, 0.25) is 0 Å². The molecule has 0 amide bonds. The number of aromatic nitrogens is 1. The lowest BCUT2D eigenvalue weighted by atomic mass is 9.93. The summed E-state index contributed by atoms with van der Waals surface area (Å²) in [7, 11) is -2.80. The summed E-state index contributed by atoms with van der Waals surface area (Å²) in [4.78, 5) is 0. The van der Waals surface area contributed by atoms with Crippen molar-refractivity contribution in [3.8, 4) is 11.1 Å². The van der Waals surface area contributed by atoms with Gasteiger partial charge in [-0.05, 0) is 36.5 Å². The monoisotopic (exact) mass is 391 g/mol. The van der Waals surface area contributed by atoms with E-state index in [-0.39, 0.29) is 11.2 Å². The Morgan fingerprint density at radius 1 is 0.893 bits per heavy atom. The molecule has 1 aliphatic heterocycles. The summed E-state index contributed by atoms with van der Waals surface area (Å²) in [5.74, 6) is 0.354. The smallest absolute Gasteiger partial charge is 0.162 e. The van der Waals surface area contributed by atoms with Crippen LogP contribution in [0.4, 0.5) is 0 Å². The van der Waals surface area contributed by atoms with Gasteiger partial charge in [-0.25, -0.2) is 0 Å². The lowest BCUT2D eigenvalue weighted by molar-refractivity contribution is 0.442. The quantitative estimate of drug-likeness (QED) is 0.495. The summed E-state index contributed by atoms with van der Waals surface area (Å²) in [5.41, 5.74) is 5.63. The largest absolute Gasteiger partial charge is 0.334 e. The van der Waals surface area contributed by atoms with Crippen LogP contribution in [0.2, 0.25) is 0 Å². The third-order valence-electron chi connectivity index (χ3n) is 6.26. The Balaban J connectivity index is 2.19. The second kappa shape index (κ2) is 6.49. The molecule has 0 spiro atoms. The number of hydrogen-bond donors (Lipinski definition) is 0. The molecule has 0 fully saturated rings. The van der Waals surface area contributed by atoms with Crippen LogP contribution in [-0.2, 0) is 10.1 Å². The zero-order valence-corrected chi connectivity index (χ0v) is 18.6. The van der Waals surface area contributed by atoms with Crippen molar-refractivity contribution in [2.45, 2.75) is 58.7 Å². The van der Waals surface area contributed by atoms with Crippen LogP contribution in [0.25, 0.3) is 11.1 Å². The molecule has 1 aromatic heterocycles. The standard InChI is InChI=1S/C25H30NOP/c1-17(2)20-16-26-24(23(20)19-12-8-7-9-13-19)28(27,18(3)4)22-15-11-10-14-21(22)25(26,5)6/h7-18H,1-6H3. The van der Waals surface area contributed by atoms with Crippen LogP contribution in [0.3, 0.4) is 0 Å². The van der Waals surface area contributed by atoms with E-state index in [1.54, 1.807) is 0 Å². The first-order chi connectivity index (χ1) is 13.2. The Labute approximate surface area is 169 Å². The van der Waals surface area contributed by atoms with E-state index in [1.807, 2.05) is 12.1 Å². The molecule has 0 radical (unpaired) electrons. The number of fused-ring (bicyclic) bond motifs is 2. The Hall–Kier alpha value is -2.05. The van der Waals surface area contributed by atoms with Gasteiger partial charge in [-0.3, -0.25) is 0 Å². The molecule has 0 N–H and O–H groups in total. The van der Waals surface area contributed by atoms with Gasteiger partial charge in [-0.1, -0.05) is 82.3 Å². The normalized spacial score (nSPS) is 20.3. The Kier molecular flexibility index (Phi) is 4.47. The zero-order valence-electron chi connectivity index (χ0n) is 17.7. The first-order valence-electron chi connectivity index (χ1n) is 10.2. The summed E-state index contributed by atoms with van der Waals surface area (Å²) >= 11 is 0. The summed E-state index contributed by atoms with van der Waals surface area (Å²) in [6.07, 6.45) is 2.27. The van der Waals surface area contributed by atoms with Gasteiger partial charge in [-0.2, -0.15) is 0 Å². The zero-order chi connectivity index (χ0) is 20.3. The highest BCUT2D eigenvalue weighted by atomic mass is 31.2. The molecule has 2 heterocycles. The van der Waals surface area contributed by atoms with Crippen molar-refractivity contribution in [3.63, 3.8) is 0 Å². The minimum absolute atomic E-state index is 0.0425. The van der Waals surface area contributed by atoms with Crippen LogP contribution >= 0.6 is 7.14 Å². The van der Waals surface area contributed by atoms with E-state index < -0.39 is 7.14 Å². The van der Waals surface area contributed by atoms with Gasteiger partial charge in [0.1, 0.15) is 0 Å². The fourth-order valence-electron chi connectivity index (χ4n) is 4.65. The van der Waals surface area contributed by atoms with Crippen LogP contribution in [0.5, 0.6) is 0 Å². The first-order valence-corrected chi connectivity index (χ1v) is 12.0. The van der Waals surface area contributed by atoms with Crippen molar-refractivity contribution in [1.29, 1.82) is 0 Å². The molecule has 0 saturated heterocycles. The van der Waals surface area contributed by atoms with E-state index in [0.29, 0.717) is 5.92 Å². The number of benzene rings is 2. The molecule has 3 aromatic rings. The SMILES string of the molecule is CC(C)c1cn2c(c1-c1ccccc1)P(=O)(C(C)C)c1ccccc1C2(C)C. The molecular weight excluding hydrogens is 361 g/mol. The average Bonchev–Trinajstić information content (AvgIpc) is 3.10. The lowest BCUT2D eigenvalue weighted by Crippen LogP contribution is -2.46. The van der Waals surface area contributed by atoms with E-state index >= 15 is 0 Å². The van der Waals surface area contributed by atoms with Gasteiger partial charge < -0.3 is 9.13 Å². The van der Waals surface area contributed by atoms with Crippen LogP contribution in [0.15, 0.2) is 60.8 Å². The Morgan fingerprint density at radius 3 is 2.11 bits per heavy atom. The van der Waals surface area contributed by atoms with E-state index in [2.05, 4.69) is 94.8 Å². The Bertz CT molecular complexity index is 1070. The molecule has 1 atom stereocenters. The van der Waals surface area contributed by atoms with Crippen molar-refractivity contribution in [1.82, 2.24) is 4.57 Å². The summed E-state index contributed by atoms with van der Waals surface area (Å²) < 4.78 is 17.2. The molecule has 2 nitrogen and oxygen atoms in total. The third-order valence-corrected chi connectivity index (χ3v) is 9.89. The highest BCUT2D eigenvalue weighted by Crippen LogP contribution is 2.57. The number of hydrogen-bond acceptors (Lipinski definition) is 1. The highest BCUT2D eigenvalue weighted by Gasteiger charge is 2.47. The fourth-order valence-corrected chi connectivity index (χ4v) is 8.16. The van der Waals surface area contributed by atoms with Crippen molar-refractivity contribution >= 4 is 17.9 Å². The van der Waals surface area contributed by atoms with Gasteiger partial charge in [0, 0.05) is 22.7 Å². The Morgan fingerprint density at radius 2 is 1.50 bits per heavy atom. The predicted molar refractivity (Wildman–Crippen MR) is 121 cm³/mol. The number of rotatable bonds is 3. The summed E-state index contributed by atoms with van der Waals surface area (Å²) in [6.45, 7) is 13.2. The molecule has 1 unspecified atom stereocenters. The van der Waals surface area contributed by atoms with E-state index in [9.17, 15) is 4.57 Å². The number of nitrogens with zero attached hydrogens (tertiary/aromatic N) is 1. The maximum atomic E-state index is 14.9. The lowest BCUT2D eigenvalue weighted by Gasteiger charge is -2.41.